The summed E-state index contributed by atoms with van der Waals surface area (Å²) in [4.78, 5) is 11.4. The monoisotopic (exact) mass is 279 g/mol. The quantitative estimate of drug-likeness (QED) is 0.782. The number of hydrogen-bond donors (Lipinski definition) is 2. The van der Waals surface area contributed by atoms with E-state index < -0.39 is 5.60 Å². The van der Waals surface area contributed by atoms with Crippen molar-refractivity contribution in [2.45, 2.75) is 52.1 Å². The molecule has 1 rings (SSSR count). The number of carbonyl (C=O) groups is 1. The molecule has 0 saturated heterocycles. The standard InChI is InChI=1S/C16H25NO3/c1-16(2,3)20-15(19)17-11-6-4-5-8-13-9-7-10-14(18)12-13/h7,9-10,12,18H,4-6,8,11H2,1-3H3,(H,17,19). The van der Waals surface area contributed by atoms with E-state index in [-0.39, 0.29) is 6.09 Å². The number of alkyl carbamates (subject to hydrolysis) is 1. The molecule has 20 heavy (non-hydrogen) atoms. The number of carbonyl (C=O) groups excluding carboxylic acids is 1. The normalized spacial score (nSPS) is 11.2. The highest BCUT2D eigenvalue weighted by molar-refractivity contribution is 5.67. The Morgan fingerprint density at radius 3 is 2.65 bits per heavy atom. The second-order valence-corrected chi connectivity index (χ2v) is 5.91. The number of rotatable bonds is 6. The van der Waals surface area contributed by atoms with Crippen LogP contribution in [-0.4, -0.2) is 23.3 Å². The first-order chi connectivity index (χ1) is 9.37. The molecule has 0 aliphatic carbocycles. The predicted molar refractivity (Wildman–Crippen MR) is 79.9 cm³/mol. The Bertz CT molecular complexity index is 424. The molecule has 0 spiro atoms. The minimum absolute atomic E-state index is 0.314. The maximum atomic E-state index is 11.4. The Morgan fingerprint density at radius 1 is 1.25 bits per heavy atom. The van der Waals surface area contributed by atoms with Crippen molar-refractivity contribution in [2.24, 2.45) is 0 Å². The SMILES string of the molecule is CC(C)(C)OC(=O)NCCCCCc1cccc(O)c1. The Hall–Kier alpha value is -1.71. The second-order valence-electron chi connectivity index (χ2n) is 5.91. The van der Waals surface area contributed by atoms with Gasteiger partial charge in [-0.2, -0.15) is 0 Å². The number of phenolic OH excluding ortho intramolecular Hbond substituents is 1. The fraction of sp³-hybridized carbons (Fsp3) is 0.562. The molecule has 0 unspecified atom stereocenters. The zero-order valence-corrected chi connectivity index (χ0v) is 12.6. The second kappa shape index (κ2) is 7.78. The number of phenols is 1. The molecule has 0 aliphatic rings. The lowest BCUT2D eigenvalue weighted by Crippen LogP contribution is -2.32. The van der Waals surface area contributed by atoms with Crippen LogP contribution in [0.3, 0.4) is 0 Å². The van der Waals surface area contributed by atoms with E-state index in [1.807, 2.05) is 32.9 Å². The summed E-state index contributed by atoms with van der Waals surface area (Å²) in [6.45, 7) is 6.18. The zero-order chi connectivity index (χ0) is 15.0. The molecule has 112 valence electrons. The Kier molecular flexibility index (Phi) is 6.36. The van der Waals surface area contributed by atoms with Crippen LogP contribution in [0.25, 0.3) is 0 Å². The highest BCUT2D eigenvalue weighted by atomic mass is 16.6. The Balaban J connectivity index is 2.07. The van der Waals surface area contributed by atoms with E-state index in [0.717, 1.165) is 31.2 Å². The number of unbranched alkanes of at least 4 members (excludes halogenated alkanes) is 2. The summed E-state index contributed by atoms with van der Waals surface area (Å²) in [6, 6.07) is 7.33. The van der Waals surface area contributed by atoms with E-state index in [1.165, 1.54) is 0 Å². The Morgan fingerprint density at radius 2 is 2.00 bits per heavy atom. The van der Waals surface area contributed by atoms with Crippen LogP contribution in [0.5, 0.6) is 5.75 Å². The summed E-state index contributed by atoms with van der Waals surface area (Å²) >= 11 is 0. The number of amides is 1. The molecular formula is C16H25NO3. The molecule has 1 aromatic carbocycles. The molecule has 0 atom stereocenters. The van der Waals surface area contributed by atoms with Crippen molar-refractivity contribution in [2.75, 3.05) is 6.54 Å². The van der Waals surface area contributed by atoms with E-state index in [4.69, 9.17) is 4.74 Å². The van der Waals surface area contributed by atoms with Gasteiger partial charge < -0.3 is 15.2 Å². The zero-order valence-electron chi connectivity index (χ0n) is 12.6. The summed E-state index contributed by atoms with van der Waals surface area (Å²) in [6.07, 6.45) is 3.59. The maximum absolute atomic E-state index is 11.4. The van der Waals surface area contributed by atoms with Crippen molar-refractivity contribution in [3.05, 3.63) is 29.8 Å². The largest absolute Gasteiger partial charge is 0.508 e. The summed E-state index contributed by atoms with van der Waals surface area (Å²) in [5.41, 5.74) is 0.699. The molecule has 0 heterocycles. The minimum atomic E-state index is -0.445. The summed E-state index contributed by atoms with van der Waals surface area (Å²) < 4.78 is 5.15. The molecule has 4 nitrogen and oxygen atoms in total. The summed E-state index contributed by atoms with van der Waals surface area (Å²) in [7, 11) is 0. The van der Waals surface area contributed by atoms with Crippen molar-refractivity contribution in [1.29, 1.82) is 0 Å². The van der Waals surface area contributed by atoms with E-state index in [0.29, 0.717) is 12.3 Å². The molecule has 0 bridgehead atoms. The molecule has 1 aromatic rings. The van der Waals surface area contributed by atoms with Gasteiger partial charge in [0.15, 0.2) is 0 Å². The number of benzene rings is 1. The van der Waals surface area contributed by atoms with E-state index in [9.17, 15) is 9.90 Å². The average molecular weight is 279 g/mol. The molecule has 0 fully saturated rings. The summed E-state index contributed by atoms with van der Waals surface area (Å²) in [5, 5.41) is 12.1. The third kappa shape index (κ3) is 7.67. The van der Waals surface area contributed by atoms with Crippen molar-refractivity contribution >= 4 is 6.09 Å². The van der Waals surface area contributed by atoms with Gasteiger partial charge in [0, 0.05) is 6.54 Å². The fourth-order valence-electron chi connectivity index (χ4n) is 1.85. The smallest absolute Gasteiger partial charge is 0.407 e. The van der Waals surface area contributed by atoms with Gasteiger partial charge in [0.2, 0.25) is 0 Å². The van der Waals surface area contributed by atoms with Crippen LogP contribution < -0.4 is 5.32 Å². The van der Waals surface area contributed by atoms with E-state index >= 15 is 0 Å². The van der Waals surface area contributed by atoms with Gasteiger partial charge in [0.05, 0.1) is 0 Å². The summed E-state index contributed by atoms with van der Waals surface area (Å²) in [5.74, 6) is 0.314. The van der Waals surface area contributed by atoms with Gasteiger partial charge in [-0.1, -0.05) is 18.6 Å². The lowest BCUT2D eigenvalue weighted by atomic mass is 10.1. The fourth-order valence-corrected chi connectivity index (χ4v) is 1.85. The molecular weight excluding hydrogens is 254 g/mol. The van der Waals surface area contributed by atoms with Crippen molar-refractivity contribution in [3.8, 4) is 5.75 Å². The van der Waals surface area contributed by atoms with E-state index in [2.05, 4.69) is 5.32 Å². The molecule has 2 N–H and O–H groups in total. The highest BCUT2D eigenvalue weighted by Gasteiger charge is 2.15. The maximum Gasteiger partial charge on any atom is 0.407 e. The van der Waals surface area contributed by atoms with Crippen molar-refractivity contribution in [3.63, 3.8) is 0 Å². The average Bonchev–Trinajstić information content (AvgIpc) is 2.31. The molecule has 0 aliphatic heterocycles. The van der Waals surface area contributed by atoms with Crippen LogP contribution in [0.15, 0.2) is 24.3 Å². The molecule has 0 aromatic heterocycles. The van der Waals surface area contributed by atoms with Gasteiger partial charge in [0.1, 0.15) is 11.4 Å². The van der Waals surface area contributed by atoms with Crippen LogP contribution in [-0.2, 0) is 11.2 Å². The van der Waals surface area contributed by atoms with Crippen LogP contribution in [0, 0.1) is 0 Å². The van der Waals surface area contributed by atoms with Crippen LogP contribution in [0.2, 0.25) is 0 Å². The van der Waals surface area contributed by atoms with Gasteiger partial charge in [-0.25, -0.2) is 4.79 Å². The third-order valence-electron chi connectivity index (χ3n) is 2.72. The number of aromatic hydroxyl groups is 1. The lowest BCUT2D eigenvalue weighted by Gasteiger charge is -2.19. The molecule has 0 radical (unpaired) electrons. The van der Waals surface area contributed by atoms with E-state index in [1.54, 1.807) is 12.1 Å². The molecule has 4 heteroatoms. The first-order valence-electron chi connectivity index (χ1n) is 7.11. The van der Waals surface area contributed by atoms with Gasteiger partial charge in [-0.05, 0) is 57.7 Å². The van der Waals surface area contributed by atoms with Gasteiger partial charge in [-0.3, -0.25) is 0 Å². The minimum Gasteiger partial charge on any atom is -0.508 e. The number of nitrogens with one attached hydrogen (secondary N) is 1. The molecule has 0 saturated carbocycles. The first-order valence-corrected chi connectivity index (χ1v) is 7.11. The third-order valence-corrected chi connectivity index (χ3v) is 2.72. The van der Waals surface area contributed by atoms with Gasteiger partial charge in [0.25, 0.3) is 0 Å². The topological polar surface area (TPSA) is 58.6 Å². The van der Waals surface area contributed by atoms with Crippen LogP contribution >= 0.6 is 0 Å². The number of ether oxygens (including phenoxy) is 1. The van der Waals surface area contributed by atoms with Crippen LogP contribution in [0.4, 0.5) is 4.79 Å². The predicted octanol–water partition coefficient (Wildman–Crippen LogP) is 3.63. The lowest BCUT2D eigenvalue weighted by molar-refractivity contribution is 0.0527. The number of hydrogen-bond acceptors (Lipinski definition) is 3. The first kappa shape index (κ1) is 16.3. The van der Waals surface area contributed by atoms with Gasteiger partial charge >= 0.3 is 6.09 Å². The van der Waals surface area contributed by atoms with Crippen molar-refractivity contribution in [1.82, 2.24) is 5.32 Å². The molecule has 1 amide bonds. The Labute approximate surface area is 121 Å². The van der Waals surface area contributed by atoms with Gasteiger partial charge in [-0.15, -0.1) is 0 Å². The highest BCUT2D eigenvalue weighted by Crippen LogP contribution is 2.13. The van der Waals surface area contributed by atoms with Crippen LogP contribution in [0.1, 0.15) is 45.6 Å². The van der Waals surface area contributed by atoms with Crippen molar-refractivity contribution < 1.29 is 14.6 Å². The number of aryl methyl sites for hydroxylation is 1.